The third-order valence-corrected chi connectivity index (χ3v) is 19.1. The lowest BCUT2D eigenvalue weighted by Gasteiger charge is -2.41. The average Bonchev–Trinajstić information content (AvgIpc) is 3.67. The first kappa shape index (κ1) is 41.8. The molecule has 2 aromatic carbocycles. The Hall–Kier alpha value is -0.610. The van der Waals surface area contributed by atoms with Crippen LogP contribution in [0.2, 0.25) is 0 Å². The SMILES string of the molecule is CC(C)(C)P(=O)([S-])c1ccccc1.CC(C)(C)P([O-])(=S)c1ccccc1.C[C@H]1CC2(CC[NH2+]1)OCCO2.C[C@H]1CC2(CC[NH2+]1)OCCO2. The summed E-state index contributed by atoms with van der Waals surface area (Å²) >= 11 is 10.4. The zero-order valence-corrected chi connectivity index (χ0v) is 33.7. The molecule has 0 bridgehead atoms. The minimum Gasteiger partial charge on any atom is -0.817 e. The molecule has 4 heterocycles. The summed E-state index contributed by atoms with van der Waals surface area (Å²) in [5.74, 6) is -0.373. The van der Waals surface area contributed by atoms with Gasteiger partial charge in [-0.1, -0.05) is 108 Å². The summed E-state index contributed by atoms with van der Waals surface area (Å²) in [6.45, 7) is 21.4. The van der Waals surface area contributed by atoms with E-state index in [1.165, 1.54) is 0 Å². The smallest absolute Gasteiger partial charge is 0.179 e. The van der Waals surface area contributed by atoms with Crippen LogP contribution >= 0.6 is 12.6 Å². The fourth-order valence-corrected chi connectivity index (χ4v) is 9.48. The Morgan fingerprint density at radius 1 is 0.708 bits per heavy atom. The van der Waals surface area contributed by atoms with Crippen molar-refractivity contribution in [2.24, 2.45) is 0 Å². The lowest BCUT2D eigenvalue weighted by molar-refractivity contribution is -0.703. The van der Waals surface area contributed by atoms with Gasteiger partial charge in [0, 0.05) is 0 Å². The summed E-state index contributed by atoms with van der Waals surface area (Å²) in [7, 11) is 0. The zero-order valence-electron chi connectivity index (χ0n) is 30.3. The standard InChI is InChI=1S/2C10H15OPS.2C8H15NO2/c2*1-10(2,3)12(11,13)9-7-5-4-6-8-9;2*1-7-6-8(2-3-9-7)10-4-5-11-8/h2*4-8H,1-3H3,(H,11,13);2*7,9H,2-6H2,1H3/t;;2*7-/m..00/s1. The first-order valence-corrected chi connectivity index (χ1v) is 22.7. The van der Waals surface area contributed by atoms with E-state index in [0.717, 1.165) is 75.8 Å². The van der Waals surface area contributed by atoms with Crippen molar-refractivity contribution in [1.29, 1.82) is 0 Å². The molecule has 4 fully saturated rings. The van der Waals surface area contributed by atoms with Crippen LogP contribution in [0.25, 0.3) is 0 Å². The number of benzene rings is 2. The second kappa shape index (κ2) is 17.7. The molecule has 4 atom stereocenters. The highest BCUT2D eigenvalue weighted by Gasteiger charge is 2.43. The van der Waals surface area contributed by atoms with E-state index in [4.69, 9.17) is 43.0 Å². The van der Waals surface area contributed by atoms with Gasteiger partial charge >= 0.3 is 0 Å². The van der Waals surface area contributed by atoms with Gasteiger partial charge in [0.25, 0.3) is 0 Å². The predicted molar refractivity (Wildman–Crippen MR) is 201 cm³/mol. The van der Waals surface area contributed by atoms with Gasteiger partial charge in [-0.2, -0.15) is 0 Å². The number of ether oxygens (including phenoxy) is 4. The monoisotopic (exact) mass is 742 g/mol. The van der Waals surface area contributed by atoms with Crippen LogP contribution in [0.4, 0.5) is 0 Å². The number of nitrogens with two attached hydrogens (primary N) is 2. The zero-order chi connectivity index (χ0) is 35.7. The molecule has 6 rings (SSSR count). The first-order chi connectivity index (χ1) is 22.3. The van der Waals surface area contributed by atoms with E-state index in [-0.39, 0.29) is 21.9 Å². The van der Waals surface area contributed by atoms with Gasteiger partial charge in [0.1, 0.15) is 0 Å². The van der Waals surface area contributed by atoms with Gasteiger partial charge in [0.15, 0.2) is 11.6 Å². The molecule has 48 heavy (non-hydrogen) atoms. The fraction of sp³-hybridized carbons (Fsp3) is 0.667. The summed E-state index contributed by atoms with van der Waals surface area (Å²) in [5.41, 5.74) is 0. The molecule has 4 N–H and O–H groups in total. The van der Waals surface area contributed by atoms with Gasteiger partial charge < -0.3 is 51.3 Å². The van der Waals surface area contributed by atoms with Gasteiger partial charge in [0.2, 0.25) is 0 Å². The molecule has 0 radical (unpaired) electrons. The maximum Gasteiger partial charge on any atom is 0.179 e. The second-order valence-corrected chi connectivity index (χ2v) is 24.2. The van der Waals surface area contributed by atoms with Crippen molar-refractivity contribution >= 4 is 47.3 Å². The van der Waals surface area contributed by atoms with Crippen molar-refractivity contribution in [2.75, 3.05) is 39.5 Å². The number of rotatable bonds is 2. The quantitative estimate of drug-likeness (QED) is 0.354. The molecule has 8 nitrogen and oxygen atoms in total. The molecule has 4 saturated heterocycles. The molecular formula is C36H60N2O6P2S2. The summed E-state index contributed by atoms with van der Waals surface area (Å²) in [6.07, 6.45) is -1.09. The minimum atomic E-state index is -2.65. The molecule has 12 heteroatoms. The molecule has 4 aliphatic heterocycles. The number of quaternary nitrogens is 2. The molecule has 0 aromatic heterocycles. The van der Waals surface area contributed by atoms with Crippen LogP contribution in [0, 0.1) is 0 Å². The van der Waals surface area contributed by atoms with E-state index >= 15 is 0 Å². The molecule has 0 saturated carbocycles. The largest absolute Gasteiger partial charge is 0.817 e. The van der Waals surface area contributed by atoms with Crippen molar-refractivity contribution in [1.82, 2.24) is 0 Å². The highest BCUT2D eigenvalue weighted by atomic mass is 32.7. The van der Waals surface area contributed by atoms with Crippen LogP contribution in [0.5, 0.6) is 0 Å². The van der Waals surface area contributed by atoms with E-state index in [9.17, 15) is 9.46 Å². The van der Waals surface area contributed by atoms with Crippen molar-refractivity contribution in [2.45, 2.75) is 115 Å². The van der Waals surface area contributed by atoms with Crippen molar-refractivity contribution in [3.63, 3.8) is 0 Å². The van der Waals surface area contributed by atoms with Crippen LogP contribution < -0.4 is 26.1 Å². The van der Waals surface area contributed by atoms with Crippen LogP contribution in [-0.4, -0.2) is 73.5 Å². The fourth-order valence-electron chi connectivity index (χ4n) is 6.07. The number of hydrogen-bond donors (Lipinski definition) is 2. The second-order valence-electron chi connectivity index (χ2n) is 15.2. The summed E-state index contributed by atoms with van der Waals surface area (Å²) < 4.78 is 34.7. The first-order valence-electron chi connectivity index (χ1n) is 17.3. The minimum absolute atomic E-state index is 0.186. The van der Waals surface area contributed by atoms with Crippen LogP contribution in [0.15, 0.2) is 60.7 Å². The Morgan fingerprint density at radius 2 is 1.06 bits per heavy atom. The molecule has 2 unspecified atom stereocenters. The van der Waals surface area contributed by atoms with Crippen molar-refractivity contribution < 1.29 is 39.0 Å². The van der Waals surface area contributed by atoms with Crippen LogP contribution in [-0.2, 0) is 47.6 Å². The Kier molecular flexibility index (Phi) is 15.5. The van der Waals surface area contributed by atoms with Crippen molar-refractivity contribution in [3.8, 4) is 0 Å². The Morgan fingerprint density at radius 3 is 1.38 bits per heavy atom. The highest BCUT2D eigenvalue weighted by molar-refractivity contribution is 8.40. The lowest BCUT2D eigenvalue weighted by Crippen LogP contribution is -2.92. The van der Waals surface area contributed by atoms with Crippen LogP contribution in [0.3, 0.4) is 0 Å². The third-order valence-electron chi connectivity index (χ3n) is 9.04. The molecule has 2 aromatic rings. The molecule has 2 spiro atoms. The number of hydrogen-bond acceptors (Lipinski definition) is 8. The maximum absolute atomic E-state index is 12.3. The molecule has 0 amide bonds. The molecule has 0 aliphatic carbocycles. The van der Waals surface area contributed by atoms with Gasteiger partial charge in [-0.25, -0.2) is 0 Å². The Bertz CT molecular complexity index is 1240. The summed E-state index contributed by atoms with van der Waals surface area (Å²) in [5, 5.41) is 5.63. The Balaban J connectivity index is 0.000000174. The van der Waals surface area contributed by atoms with Crippen LogP contribution in [0.1, 0.15) is 81.1 Å². The van der Waals surface area contributed by atoms with Crippen molar-refractivity contribution in [3.05, 3.63) is 60.7 Å². The predicted octanol–water partition coefficient (Wildman–Crippen LogP) is 3.75. The Labute approximate surface area is 300 Å². The normalized spacial score (nSPS) is 25.6. The third kappa shape index (κ3) is 11.7. The molecule has 272 valence electrons. The number of piperidine rings is 2. The highest BCUT2D eigenvalue weighted by Crippen LogP contribution is 2.54. The summed E-state index contributed by atoms with van der Waals surface area (Å²) in [6, 6.07) is 20.0. The van der Waals surface area contributed by atoms with E-state index in [1.54, 1.807) is 0 Å². The average molecular weight is 743 g/mol. The van der Waals surface area contributed by atoms with E-state index in [1.807, 2.05) is 102 Å². The summed E-state index contributed by atoms with van der Waals surface area (Å²) in [4.78, 5) is 12.3. The van der Waals surface area contributed by atoms with Gasteiger partial charge in [-0.3, -0.25) is 0 Å². The molecular weight excluding hydrogens is 682 g/mol. The van der Waals surface area contributed by atoms with Gasteiger partial charge in [0.05, 0.1) is 77.3 Å². The van der Waals surface area contributed by atoms with E-state index in [2.05, 4.69) is 24.5 Å². The van der Waals surface area contributed by atoms with Gasteiger partial charge in [-0.05, 0) is 41.1 Å². The van der Waals surface area contributed by atoms with E-state index < -0.39 is 12.6 Å². The lowest BCUT2D eigenvalue weighted by atomic mass is 9.99. The van der Waals surface area contributed by atoms with E-state index in [0.29, 0.717) is 12.1 Å². The van der Waals surface area contributed by atoms with Gasteiger partial charge in [-0.15, -0.1) is 11.8 Å². The molecule has 4 aliphatic rings. The maximum atomic E-state index is 12.3. The topological polar surface area (TPSA) is 110 Å².